The first-order chi connectivity index (χ1) is 11.5. The lowest BCUT2D eigenvalue weighted by atomic mass is 9.76. The standard InChI is InChI=1S/C20H28N2O2/c1-15-5-4-6-17(13-15)20(9-2-3-10-20)19(24)22-11-7-16(8-12-22)14-18(21)23/h4-6,13,16H,2-3,7-12,14H2,1H3,(H2,21,23). The number of benzene rings is 1. The van der Waals surface area contributed by atoms with Crippen molar-refractivity contribution in [2.45, 2.75) is 57.3 Å². The van der Waals surface area contributed by atoms with Crippen LogP contribution in [0.2, 0.25) is 0 Å². The molecule has 1 saturated carbocycles. The van der Waals surface area contributed by atoms with Crippen molar-refractivity contribution in [3.8, 4) is 0 Å². The van der Waals surface area contributed by atoms with Crippen molar-refractivity contribution in [2.75, 3.05) is 13.1 Å². The van der Waals surface area contributed by atoms with E-state index in [9.17, 15) is 9.59 Å². The van der Waals surface area contributed by atoms with Crippen LogP contribution in [-0.2, 0) is 15.0 Å². The fourth-order valence-electron chi connectivity index (χ4n) is 4.47. The third kappa shape index (κ3) is 3.33. The maximum absolute atomic E-state index is 13.4. The molecule has 1 aromatic carbocycles. The van der Waals surface area contributed by atoms with Crippen molar-refractivity contribution in [2.24, 2.45) is 11.7 Å². The van der Waals surface area contributed by atoms with Gasteiger partial charge in [0.05, 0.1) is 5.41 Å². The van der Waals surface area contributed by atoms with Crippen molar-refractivity contribution >= 4 is 11.8 Å². The van der Waals surface area contributed by atoms with Crippen LogP contribution in [0.1, 0.15) is 56.1 Å². The second-order valence-corrected chi connectivity index (χ2v) is 7.56. The number of likely N-dealkylation sites (tertiary alicyclic amines) is 1. The molecule has 0 spiro atoms. The normalized spacial score (nSPS) is 21.0. The zero-order valence-corrected chi connectivity index (χ0v) is 14.6. The molecule has 24 heavy (non-hydrogen) atoms. The Kier molecular flexibility index (Phi) is 4.93. The molecule has 3 rings (SSSR count). The van der Waals surface area contributed by atoms with Crippen LogP contribution in [-0.4, -0.2) is 29.8 Å². The van der Waals surface area contributed by atoms with Gasteiger partial charge in [0.15, 0.2) is 0 Å². The van der Waals surface area contributed by atoms with Gasteiger partial charge in [-0.15, -0.1) is 0 Å². The van der Waals surface area contributed by atoms with Gasteiger partial charge in [-0.1, -0.05) is 42.7 Å². The topological polar surface area (TPSA) is 63.4 Å². The summed E-state index contributed by atoms with van der Waals surface area (Å²) in [6.45, 7) is 3.60. The highest BCUT2D eigenvalue weighted by molar-refractivity contribution is 5.89. The molecule has 1 heterocycles. The summed E-state index contributed by atoms with van der Waals surface area (Å²) in [6.07, 6.45) is 6.38. The number of nitrogens with zero attached hydrogens (tertiary/aromatic N) is 1. The van der Waals surface area contributed by atoms with Crippen LogP contribution in [0.25, 0.3) is 0 Å². The Morgan fingerprint density at radius 1 is 1.21 bits per heavy atom. The van der Waals surface area contributed by atoms with Crippen LogP contribution in [0.15, 0.2) is 24.3 Å². The number of hydrogen-bond acceptors (Lipinski definition) is 2. The number of aryl methyl sites for hydroxylation is 1. The summed E-state index contributed by atoms with van der Waals surface area (Å²) >= 11 is 0. The van der Waals surface area contributed by atoms with E-state index < -0.39 is 0 Å². The number of primary amides is 1. The maximum Gasteiger partial charge on any atom is 0.233 e. The summed E-state index contributed by atoms with van der Waals surface area (Å²) in [5.74, 6) is 0.403. The molecule has 4 heteroatoms. The third-order valence-corrected chi connectivity index (χ3v) is 5.83. The highest BCUT2D eigenvalue weighted by atomic mass is 16.2. The molecule has 1 aliphatic heterocycles. The van der Waals surface area contributed by atoms with E-state index in [1.54, 1.807) is 0 Å². The SMILES string of the molecule is Cc1cccc(C2(C(=O)N3CCC(CC(N)=O)CC3)CCCC2)c1. The minimum Gasteiger partial charge on any atom is -0.370 e. The van der Waals surface area contributed by atoms with E-state index in [4.69, 9.17) is 5.73 Å². The van der Waals surface area contributed by atoms with Gasteiger partial charge in [-0.25, -0.2) is 0 Å². The van der Waals surface area contributed by atoms with E-state index >= 15 is 0 Å². The van der Waals surface area contributed by atoms with Gasteiger partial charge >= 0.3 is 0 Å². The Labute approximate surface area is 144 Å². The van der Waals surface area contributed by atoms with Crippen LogP contribution >= 0.6 is 0 Å². The molecule has 0 bridgehead atoms. The van der Waals surface area contributed by atoms with E-state index in [2.05, 4.69) is 31.2 Å². The Balaban J connectivity index is 1.75. The molecule has 2 amide bonds. The Morgan fingerprint density at radius 3 is 2.46 bits per heavy atom. The molecule has 2 aliphatic rings. The lowest BCUT2D eigenvalue weighted by molar-refractivity contribution is -0.138. The molecule has 130 valence electrons. The molecule has 2 fully saturated rings. The number of carbonyl (C=O) groups is 2. The second kappa shape index (κ2) is 6.96. The molecule has 1 saturated heterocycles. The number of rotatable bonds is 4. The van der Waals surface area contributed by atoms with Gasteiger partial charge in [0, 0.05) is 19.5 Å². The highest BCUT2D eigenvalue weighted by Crippen LogP contribution is 2.43. The van der Waals surface area contributed by atoms with Crippen LogP contribution in [0.3, 0.4) is 0 Å². The zero-order chi connectivity index (χ0) is 17.2. The second-order valence-electron chi connectivity index (χ2n) is 7.56. The fraction of sp³-hybridized carbons (Fsp3) is 0.600. The smallest absolute Gasteiger partial charge is 0.233 e. The average molecular weight is 328 g/mol. The molecule has 0 unspecified atom stereocenters. The molecule has 2 N–H and O–H groups in total. The summed E-state index contributed by atoms with van der Waals surface area (Å²) in [6, 6.07) is 8.46. The van der Waals surface area contributed by atoms with Gasteiger partial charge in [-0.3, -0.25) is 9.59 Å². The first-order valence-electron chi connectivity index (χ1n) is 9.16. The molecule has 1 aliphatic carbocycles. The van der Waals surface area contributed by atoms with Crippen LogP contribution < -0.4 is 5.73 Å². The van der Waals surface area contributed by atoms with E-state index in [1.165, 1.54) is 11.1 Å². The molecule has 1 aromatic rings. The predicted octanol–water partition coefficient (Wildman–Crippen LogP) is 2.92. The fourth-order valence-corrected chi connectivity index (χ4v) is 4.47. The van der Waals surface area contributed by atoms with E-state index in [0.29, 0.717) is 18.2 Å². The first-order valence-corrected chi connectivity index (χ1v) is 9.16. The minimum absolute atomic E-state index is 0.230. The summed E-state index contributed by atoms with van der Waals surface area (Å²) in [4.78, 5) is 26.5. The monoisotopic (exact) mass is 328 g/mol. The number of nitrogens with two attached hydrogens (primary N) is 1. The summed E-state index contributed by atoms with van der Waals surface area (Å²) in [7, 11) is 0. The van der Waals surface area contributed by atoms with Crippen molar-refractivity contribution in [3.05, 3.63) is 35.4 Å². The van der Waals surface area contributed by atoms with Crippen LogP contribution in [0.4, 0.5) is 0 Å². The van der Waals surface area contributed by atoms with Crippen molar-refractivity contribution in [1.29, 1.82) is 0 Å². The van der Waals surface area contributed by atoms with Gasteiger partial charge < -0.3 is 10.6 Å². The van der Waals surface area contributed by atoms with Crippen LogP contribution in [0.5, 0.6) is 0 Å². The zero-order valence-electron chi connectivity index (χ0n) is 14.6. The van der Waals surface area contributed by atoms with Crippen LogP contribution in [0, 0.1) is 12.8 Å². The van der Waals surface area contributed by atoms with Crippen molar-refractivity contribution in [1.82, 2.24) is 4.90 Å². The largest absolute Gasteiger partial charge is 0.370 e. The maximum atomic E-state index is 13.4. The Hall–Kier alpha value is -1.84. The summed E-state index contributed by atoms with van der Waals surface area (Å²) < 4.78 is 0. The lowest BCUT2D eigenvalue weighted by Gasteiger charge is -2.38. The van der Waals surface area contributed by atoms with Gasteiger partial charge in [0.1, 0.15) is 0 Å². The average Bonchev–Trinajstić information content (AvgIpc) is 3.05. The predicted molar refractivity (Wildman–Crippen MR) is 94.4 cm³/mol. The quantitative estimate of drug-likeness (QED) is 0.923. The molecular formula is C20H28N2O2. The summed E-state index contributed by atoms with van der Waals surface area (Å²) in [5.41, 5.74) is 7.38. The van der Waals surface area contributed by atoms with E-state index in [-0.39, 0.29) is 11.3 Å². The third-order valence-electron chi connectivity index (χ3n) is 5.83. The molecular weight excluding hydrogens is 300 g/mol. The first kappa shape index (κ1) is 17.0. The van der Waals surface area contributed by atoms with Gasteiger partial charge in [-0.05, 0) is 44.1 Å². The molecule has 4 nitrogen and oxygen atoms in total. The molecule has 0 atom stereocenters. The number of hydrogen-bond donors (Lipinski definition) is 1. The minimum atomic E-state index is -0.331. The molecule has 0 aromatic heterocycles. The van der Waals surface area contributed by atoms with Crippen molar-refractivity contribution < 1.29 is 9.59 Å². The number of piperidine rings is 1. The van der Waals surface area contributed by atoms with Crippen molar-refractivity contribution in [3.63, 3.8) is 0 Å². The lowest BCUT2D eigenvalue weighted by Crippen LogP contribution is -2.48. The van der Waals surface area contributed by atoms with Gasteiger partial charge in [0.2, 0.25) is 11.8 Å². The van der Waals surface area contributed by atoms with E-state index in [1.807, 2.05) is 4.90 Å². The number of amides is 2. The highest BCUT2D eigenvalue weighted by Gasteiger charge is 2.45. The Bertz CT molecular complexity index is 612. The van der Waals surface area contributed by atoms with Gasteiger partial charge in [-0.2, -0.15) is 0 Å². The summed E-state index contributed by atoms with van der Waals surface area (Å²) in [5, 5.41) is 0. The van der Waals surface area contributed by atoms with E-state index in [0.717, 1.165) is 51.6 Å². The molecule has 0 radical (unpaired) electrons. The van der Waals surface area contributed by atoms with Gasteiger partial charge in [0.25, 0.3) is 0 Å². The number of carbonyl (C=O) groups excluding carboxylic acids is 2. The Morgan fingerprint density at radius 2 is 1.88 bits per heavy atom.